The average molecular weight is 300 g/mol. The van der Waals surface area contributed by atoms with Gasteiger partial charge in [-0.25, -0.2) is 4.79 Å². The minimum Gasteiger partial charge on any atom is -0.465 e. The highest BCUT2D eigenvalue weighted by Crippen LogP contribution is 2.30. The number of morpholine rings is 1. The predicted molar refractivity (Wildman–Crippen MR) is 67.0 cm³/mol. The second-order valence-corrected chi connectivity index (χ2v) is 4.96. The zero-order valence-electron chi connectivity index (χ0n) is 9.47. The SMILES string of the molecule is C[C@@H]1OCCN(C(=O)O)[C@H]1c1ccc(Br)cc1. The van der Waals surface area contributed by atoms with Gasteiger partial charge in [0.05, 0.1) is 18.8 Å². The molecule has 4 nitrogen and oxygen atoms in total. The van der Waals surface area contributed by atoms with Crippen molar-refractivity contribution >= 4 is 22.0 Å². The maximum Gasteiger partial charge on any atom is 0.407 e. The van der Waals surface area contributed by atoms with E-state index >= 15 is 0 Å². The molecular weight excluding hydrogens is 286 g/mol. The van der Waals surface area contributed by atoms with E-state index in [4.69, 9.17) is 4.74 Å². The van der Waals surface area contributed by atoms with E-state index < -0.39 is 6.09 Å². The Balaban J connectivity index is 2.31. The molecule has 2 rings (SSSR count). The number of nitrogens with zero attached hydrogens (tertiary/aromatic N) is 1. The van der Waals surface area contributed by atoms with Gasteiger partial charge in [0.25, 0.3) is 0 Å². The molecule has 0 bridgehead atoms. The van der Waals surface area contributed by atoms with E-state index in [1.807, 2.05) is 31.2 Å². The second-order valence-electron chi connectivity index (χ2n) is 4.05. The number of amides is 1. The van der Waals surface area contributed by atoms with Crippen LogP contribution in [-0.4, -0.2) is 35.4 Å². The van der Waals surface area contributed by atoms with Gasteiger partial charge in [-0.3, -0.25) is 4.90 Å². The van der Waals surface area contributed by atoms with Gasteiger partial charge in [0.15, 0.2) is 0 Å². The first-order valence-electron chi connectivity index (χ1n) is 5.46. The monoisotopic (exact) mass is 299 g/mol. The quantitative estimate of drug-likeness (QED) is 0.867. The molecule has 1 fully saturated rings. The van der Waals surface area contributed by atoms with Crippen molar-refractivity contribution in [2.24, 2.45) is 0 Å². The Bertz CT molecular complexity index is 407. The number of hydrogen-bond donors (Lipinski definition) is 1. The summed E-state index contributed by atoms with van der Waals surface area (Å²) >= 11 is 3.37. The van der Waals surface area contributed by atoms with E-state index in [1.165, 1.54) is 4.90 Å². The van der Waals surface area contributed by atoms with E-state index in [2.05, 4.69) is 15.9 Å². The largest absolute Gasteiger partial charge is 0.465 e. The van der Waals surface area contributed by atoms with E-state index in [1.54, 1.807) is 0 Å². The molecule has 1 N–H and O–H groups in total. The Morgan fingerprint density at radius 3 is 2.71 bits per heavy atom. The lowest BCUT2D eigenvalue weighted by Gasteiger charge is -2.38. The lowest BCUT2D eigenvalue weighted by molar-refractivity contribution is -0.0532. The summed E-state index contributed by atoms with van der Waals surface area (Å²) in [7, 11) is 0. The van der Waals surface area contributed by atoms with Gasteiger partial charge in [-0.15, -0.1) is 0 Å². The minimum atomic E-state index is -0.895. The molecule has 17 heavy (non-hydrogen) atoms. The minimum absolute atomic E-state index is 0.124. The van der Waals surface area contributed by atoms with Crippen molar-refractivity contribution in [2.75, 3.05) is 13.2 Å². The molecule has 92 valence electrons. The van der Waals surface area contributed by atoms with Crippen LogP contribution in [0.1, 0.15) is 18.5 Å². The number of ether oxygens (including phenoxy) is 1. The molecule has 0 aliphatic carbocycles. The topological polar surface area (TPSA) is 49.8 Å². The van der Waals surface area contributed by atoms with Crippen LogP contribution in [0.5, 0.6) is 0 Å². The van der Waals surface area contributed by atoms with Crippen LogP contribution >= 0.6 is 15.9 Å². The maximum atomic E-state index is 11.2. The first kappa shape index (κ1) is 12.4. The molecule has 1 aliphatic rings. The van der Waals surface area contributed by atoms with Crippen molar-refractivity contribution in [3.8, 4) is 0 Å². The van der Waals surface area contributed by atoms with Crippen molar-refractivity contribution in [1.29, 1.82) is 0 Å². The third kappa shape index (κ3) is 2.61. The van der Waals surface area contributed by atoms with Gasteiger partial charge in [0.2, 0.25) is 0 Å². The first-order chi connectivity index (χ1) is 8.09. The smallest absolute Gasteiger partial charge is 0.407 e. The molecule has 0 saturated carbocycles. The Hall–Kier alpha value is -1.07. The predicted octanol–water partition coefficient (Wildman–Crippen LogP) is 2.89. The summed E-state index contributed by atoms with van der Waals surface area (Å²) in [5.74, 6) is 0. The highest BCUT2D eigenvalue weighted by atomic mass is 79.9. The van der Waals surface area contributed by atoms with Gasteiger partial charge >= 0.3 is 6.09 Å². The van der Waals surface area contributed by atoms with Gasteiger partial charge in [0, 0.05) is 11.0 Å². The van der Waals surface area contributed by atoms with Gasteiger partial charge in [-0.05, 0) is 24.6 Å². The van der Waals surface area contributed by atoms with Crippen molar-refractivity contribution in [2.45, 2.75) is 19.1 Å². The van der Waals surface area contributed by atoms with E-state index in [0.29, 0.717) is 13.2 Å². The van der Waals surface area contributed by atoms with E-state index in [9.17, 15) is 9.90 Å². The molecule has 1 aliphatic heterocycles. The summed E-state index contributed by atoms with van der Waals surface area (Å²) < 4.78 is 6.52. The molecule has 1 saturated heterocycles. The third-order valence-electron chi connectivity index (χ3n) is 2.95. The summed E-state index contributed by atoms with van der Waals surface area (Å²) in [6, 6.07) is 7.45. The highest BCUT2D eigenvalue weighted by molar-refractivity contribution is 9.10. The molecule has 0 aromatic heterocycles. The highest BCUT2D eigenvalue weighted by Gasteiger charge is 2.33. The van der Waals surface area contributed by atoms with Crippen molar-refractivity contribution in [3.63, 3.8) is 0 Å². The van der Waals surface area contributed by atoms with Crippen LogP contribution < -0.4 is 0 Å². The molecule has 0 spiro atoms. The molecule has 1 amide bonds. The van der Waals surface area contributed by atoms with Gasteiger partial charge in [-0.1, -0.05) is 28.1 Å². The van der Waals surface area contributed by atoms with Crippen LogP contribution in [0.2, 0.25) is 0 Å². The third-order valence-corrected chi connectivity index (χ3v) is 3.48. The number of halogens is 1. The van der Waals surface area contributed by atoms with Crippen molar-refractivity contribution in [1.82, 2.24) is 4.90 Å². The van der Waals surface area contributed by atoms with Gasteiger partial charge in [0.1, 0.15) is 0 Å². The fourth-order valence-corrected chi connectivity index (χ4v) is 2.41. The van der Waals surface area contributed by atoms with Crippen LogP contribution in [0.15, 0.2) is 28.7 Å². The van der Waals surface area contributed by atoms with Crippen LogP contribution in [0.4, 0.5) is 4.79 Å². The Morgan fingerprint density at radius 2 is 2.12 bits per heavy atom. The second kappa shape index (κ2) is 5.06. The zero-order valence-corrected chi connectivity index (χ0v) is 11.1. The zero-order chi connectivity index (χ0) is 12.4. The molecular formula is C12H14BrNO3. The molecule has 1 aromatic rings. The fraction of sp³-hybridized carbons (Fsp3) is 0.417. The lowest BCUT2D eigenvalue weighted by Crippen LogP contribution is -2.46. The van der Waals surface area contributed by atoms with E-state index in [0.717, 1.165) is 10.0 Å². The summed E-state index contributed by atoms with van der Waals surface area (Å²) in [6.07, 6.45) is -1.02. The van der Waals surface area contributed by atoms with Crippen molar-refractivity contribution < 1.29 is 14.6 Å². The summed E-state index contributed by atoms with van der Waals surface area (Å²) in [4.78, 5) is 12.7. The van der Waals surface area contributed by atoms with Crippen LogP contribution in [0.25, 0.3) is 0 Å². The Kier molecular flexibility index (Phi) is 3.69. The van der Waals surface area contributed by atoms with Crippen LogP contribution in [-0.2, 0) is 4.74 Å². The molecule has 5 heteroatoms. The summed E-state index contributed by atoms with van der Waals surface area (Å²) in [6.45, 7) is 2.78. The summed E-state index contributed by atoms with van der Waals surface area (Å²) in [5, 5.41) is 9.20. The average Bonchev–Trinajstić information content (AvgIpc) is 2.30. The van der Waals surface area contributed by atoms with Crippen molar-refractivity contribution in [3.05, 3.63) is 34.3 Å². The fourth-order valence-electron chi connectivity index (χ4n) is 2.15. The number of carboxylic acid groups (broad SMARTS) is 1. The Morgan fingerprint density at radius 1 is 1.47 bits per heavy atom. The number of rotatable bonds is 1. The molecule has 1 heterocycles. The molecule has 0 radical (unpaired) electrons. The van der Waals surface area contributed by atoms with E-state index in [-0.39, 0.29) is 12.1 Å². The van der Waals surface area contributed by atoms with Crippen LogP contribution in [0.3, 0.4) is 0 Å². The first-order valence-corrected chi connectivity index (χ1v) is 6.25. The molecule has 2 atom stereocenters. The molecule has 0 unspecified atom stereocenters. The number of benzene rings is 1. The lowest BCUT2D eigenvalue weighted by atomic mass is 9.99. The Labute approximate surface area is 108 Å². The number of hydrogen-bond acceptors (Lipinski definition) is 2. The summed E-state index contributed by atoms with van der Waals surface area (Å²) in [5.41, 5.74) is 0.961. The van der Waals surface area contributed by atoms with Crippen LogP contribution in [0, 0.1) is 0 Å². The number of carbonyl (C=O) groups is 1. The maximum absolute atomic E-state index is 11.2. The van der Waals surface area contributed by atoms with Gasteiger partial charge in [-0.2, -0.15) is 0 Å². The molecule has 1 aromatic carbocycles. The standard InChI is InChI=1S/C12H14BrNO3/c1-8-11(9-2-4-10(13)5-3-9)14(12(15)16)6-7-17-8/h2-5,8,11H,6-7H2,1H3,(H,15,16)/t8-,11+/m0/s1. The van der Waals surface area contributed by atoms with Gasteiger partial charge < -0.3 is 9.84 Å². The normalized spacial score (nSPS) is 24.7.